The van der Waals surface area contributed by atoms with E-state index in [-0.39, 0.29) is 34.5 Å². The van der Waals surface area contributed by atoms with Crippen molar-refractivity contribution in [2.45, 2.75) is 12.8 Å². The van der Waals surface area contributed by atoms with Gasteiger partial charge in [-0.3, -0.25) is 14.9 Å². The molecule has 1 aromatic carbocycles. The van der Waals surface area contributed by atoms with Crippen LogP contribution >= 0.6 is 11.6 Å². The molecule has 7 nitrogen and oxygen atoms in total. The molecule has 0 radical (unpaired) electrons. The Morgan fingerprint density at radius 2 is 2.35 bits per heavy atom. The van der Waals surface area contributed by atoms with Gasteiger partial charge in [-0.15, -0.1) is 0 Å². The van der Waals surface area contributed by atoms with Gasteiger partial charge in [0.25, 0.3) is 11.6 Å². The lowest BCUT2D eigenvalue weighted by Gasteiger charge is -2.24. The molecular formula is C15H16ClN3O4. The maximum atomic E-state index is 12.6. The topological polar surface area (TPSA) is 96.5 Å². The van der Waals surface area contributed by atoms with Crippen LogP contribution < -0.4 is 0 Å². The summed E-state index contributed by atoms with van der Waals surface area (Å²) in [4.78, 5) is 24.4. The summed E-state index contributed by atoms with van der Waals surface area (Å²) in [5, 5.41) is 19.5. The predicted octanol–water partition coefficient (Wildman–Crippen LogP) is 2.64. The fraction of sp³-hybridized carbons (Fsp3) is 0.467. The number of ether oxygens (including phenoxy) is 1. The van der Waals surface area contributed by atoms with Gasteiger partial charge in [0.05, 0.1) is 24.0 Å². The van der Waals surface area contributed by atoms with Crippen LogP contribution in [0, 0.1) is 27.4 Å². The van der Waals surface area contributed by atoms with Crippen LogP contribution in [0.5, 0.6) is 0 Å². The Labute approximate surface area is 138 Å². The minimum Gasteiger partial charge on any atom is -0.381 e. The highest BCUT2D eigenvalue weighted by molar-refractivity contribution is 6.33. The molecule has 1 amide bonds. The highest BCUT2D eigenvalue weighted by atomic mass is 35.5. The molecule has 2 rings (SSSR count). The van der Waals surface area contributed by atoms with Crippen LogP contribution in [-0.2, 0) is 4.74 Å². The molecule has 1 fully saturated rings. The largest absolute Gasteiger partial charge is 0.381 e. The SMILES string of the molecule is N#CCCN(C[C@H]1CCOC1)C(=O)c1ccc([N+](=O)[O-])c(Cl)c1. The molecule has 0 aliphatic carbocycles. The van der Waals surface area contributed by atoms with Gasteiger partial charge in [-0.2, -0.15) is 5.26 Å². The summed E-state index contributed by atoms with van der Waals surface area (Å²) in [6.45, 7) is 2.07. The second-order valence-corrected chi connectivity index (χ2v) is 5.72. The number of carbonyl (C=O) groups excluding carboxylic acids is 1. The Bertz CT molecular complexity index is 638. The molecule has 1 saturated heterocycles. The lowest BCUT2D eigenvalue weighted by molar-refractivity contribution is -0.384. The zero-order valence-electron chi connectivity index (χ0n) is 12.4. The monoisotopic (exact) mass is 337 g/mol. The van der Waals surface area contributed by atoms with E-state index in [0.29, 0.717) is 26.3 Å². The Balaban J connectivity index is 2.16. The normalized spacial score (nSPS) is 16.8. The fourth-order valence-electron chi connectivity index (χ4n) is 2.47. The minimum atomic E-state index is -0.597. The van der Waals surface area contributed by atoms with Gasteiger partial charge in [-0.25, -0.2) is 0 Å². The first-order chi connectivity index (χ1) is 11.0. The summed E-state index contributed by atoms with van der Waals surface area (Å²) in [6.07, 6.45) is 1.09. The average Bonchev–Trinajstić information content (AvgIpc) is 3.03. The minimum absolute atomic E-state index is 0.0784. The van der Waals surface area contributed by atoms with Gasteiger partial charge in [0.15, 0.2) is 0 Å². The number of carbonyl (C=O) groups is 1. The van der Waals surface area contributed by atoms with Crippen molar-refractivity contribution in [1.29, 1.82) is 5.26 Å². The Kier molecular flexibility index (Phi) is 5.90. The molecule has 8 heteroatoms. The number of rotatable bonds is 6. The summed E-state index contributed by atoms with van der Waals surface area (Å²) in [5.41, 5.74) is 0.0356. The van der Waals surface area contributed by atoms with E-state index in [2.05, 4.69) is 0 Å². The molecule has 1 aliphatic rings. The summed E-state index contributed by atoms with van der Waals surface area (Å²) in [5.74, 6) is -0.0462. The van der Waals surface area contributed by atoms with Crippen LogP contribution in [-0.4, -0.2) is 42.0 Å². The second-order valence-electron chi connectivity index (χ2n) is 5.31. The van der Waals surface area contributed by atoms with Crippen LogP contribution in [0.2, 0.25) is 5.02 Å². The maximum absolute atomic E-state index is 12.6. The van der Waals surface area contributed by atoms with Crippen molar-refractivity contribution < 1.29 is 14.5 Å². The van der Waals surface area contributed by atoms with E-state index in [1.807, 2.05) is 6.07 Å². The lowest BCUT2D eigenvalue weighted by atomic mass is 10.1. The van der Waals surface area contributed by atoms with E-state index in [1.54, 1.807) is 4.90 Å². The first-order valence-electron chi connectivity index (χ1n) is 7.21. The first-order valence-corrected chi connectivity index (χ1v) is 7.58. The molecule has 0 aromatic heterocycles. The molecule has 122 valence electrons. The summed E-state index contributed by atoms with van der Waals surface area (Å²) in [7, 11) is 0. The van der Waals surface area contributed by atoms with Gasteiger partial charge in [-0.1, -0.05) is 11.6 Å². The molecule has 1 heterocycles. The van der Waals surface area contributed by atoms with Crippen LogP contribution in [0.4, 0.5) is 5.69 Å². The Morgan fingerprint density at radius 1 is 1.57 bits per heavy atom. The number of nitriles is 1. The van der Waals surface area contributed by atoms with E-state index >= 15 is 0 Å². The Morgan fingerprint density at radius 3 is 2.91 bits per heavy atom. The molecule has 0 saturated carbocycles. The molecule has 1 atom stereocenters. The smallest absolute Gasteiger partial charge is 0.287 e. The van der Waals surface area contributed by atoms with Gasteiger partial charge in [-0.05, 0) is 18.6 Å². The maximum Gasteiger partial charge on any atom is 0.287 e. The third-order valence-corrected chi connectivity index (χ3v) is 3.98. The van der Waals surface area contributed by atoms with Crippen LogP contribution in [0.25, 0.3) is 0 Å². The molecule has 0 N–H and O–H groups in total. The van der Waals surface area contributed by atoms with Crippen molar-refractivity contribution in [3.63, 3.8) is 0 Å². The number of nitrogens with zero attached hydrogens (tertiary/aromatic N) is 3. The third kappa shape index (κ3) is 4.41. The van der Waals surface area contributed by atoms with E-state index < -0.39 is 4.92 Å². The summed E-state index contributed by atoms with van der Waals surface area (Å²) in [6, 6.07) is 5.93. The quantitative estimate of drug-likeness (QED) is 0.587. The van der Waals surface area contributed by atoms with Crippen molar-refractivity contribution in [3.8, 4) is 6.07 Å². The number of amides is 1. The average molecular weight is 338 g/mol. The standard InChI is InChI=1S/C15H16ClN3O4/c16-13-8-12(2-3-14(13)19(21)22)15(20)18(6-1-5-17)9-11-4-7-23-10-11/h2-3,8,11H,1,4,6-7,9-10H2/t11-/m1/s1. The van der Waals surface area contributed by atoms with Gasteiger partial charge < -0.3 is 9.64 Å². The molecule has 0 unspecified atom stereocenters. The van der Waals surface area contributed by atoms with Crippen molar-refractivity contribution in [3.05, 3.63) is 38.9 Å². The van der Waals surface area contributed by atoms with Gasteiger partial charge in [0, 0.05) is 37.2 Å². The van der Waals surface area contributed by atoms with Gasteiger partial charge in [0.1, 0.15) is 5.02 Å². The number of nitro groups is 1. The zero-order chi connectivity index (χ0) is 16.8. The van der Waals surface area contributed by atoms with E-state index in [0.717, 1.165) is 6.42 Å². The molecule has 23 heavy (non-hydrogen) atoms. The number of halogens is 1. The predicted molar refractivity (Wildman–Crippen MR) is 83.2 cm³/mol. The number of benzene rings is 1. The Hall–Kier alpha value is -2.17. The van der Waals surface area contributed by atoms with Crippen LogP contribution in [0.15, 0.2) is 18.2 Å². The third-order valence-electron chi connectivity index (χ3n) is 3.67. The molecule has 1 aromatic rings. The molecule has 1 aliphatic heterocycles. The highest BCUT2D eigenvalue weighted by Crippen LogP contribution is 2.26. The zero-order valence-corrected chi connectivity index (χ0v) is 13.2. The number of hydrogen-bond acceptors (Lipinski definition) is 5. The second kappa shape index (κ2) is 7.90. The first kappa shape index (κ1) is 17.2. The summed E-state index contributed by atoms with van der Waals surface area (Å²) >= 11 is 5.86. The van der Waals surface area contributed by atoms with E-state index in [9.17, 15) is 14.9 Å². The van der Waals surface area contributed by atoms with E-state index in [1.165, 1.54) is 18.2 Å². The van der Waals surface area contributed by atoms with Crippen molar-refractivity contribution >= 4 is 23.2 Å². The fourth-order valence-corrected chi connectivity index (χ4v) is 2.72. The van der Waals surface area contributed by atoms with Crippen LogP contribution in [0.3, 0.4) is 0 Å². The van der Waals surface area contributed by atoms with Gasteiger partial charge in [0.2, 0.25) is 0 Å². The number of nitro benzene ring substituents is 1. The molecule has 0 spiro atoms. The van der Waals surface area contributed by atoms with E-state index in [4.69, 9.17) is 21.6 Å². The molecular weight excluding hydrogens is 322 g/mol. The lowest BCUT2D eigenvalue weighted by Crippen LogP contribution is -2.36. The summed E-state index contributed by atoms with van der Waals surface area (Å²) < 4.78 is 5.31. The van der Waals surface area contributed by atoms with Crippen molar-refractivity contribution in [2.24, 2.45) is 5.92 Å². The highest BCUT2D eigenvalue weighted by Gasteiger charge is 2.24. The van der Waals surface area contributed by atoms with Crippen LogP contribution in [0.1, 0.15) is 23.2 Å². The van der Waals surface area contributed by atoms with Crippen molar-refractivity contribution in [1.82, 2.24) is 4.90 Å². The number of hydrogen-bond donors (Lipinski definition) is 0. The van der Waals surface area contributed by atoms with Crippen molar-refractivity contribution in [2.75, 3.05) is 26.3 Å². The molecule has 0 bridgehead atoms. The van der Waals surface area contributed by atoms with Gasteiger partial charge >= 0.3 is 0 Å².